The maximum absolute atomic E-state index is 12.7. The fourth-order valence-electron chi connectivity index (χ4n) is 2.36. The van der Waals surface area contributed by atoms with Crippen LogP contribution in [0.25, 0.3) is 0 Å². The standard InChI is InChI=1S/C13H17F3N2/c14-13(15,16)11-4-2-6-18(9-11)12-5-1-3-10(7-12)8-17/h1,3,5,7,11H,2,4,6,8-9,17H2. The highest BCUT2D eigenvalue weighted by atomic mass is 19.4. The zero-order valence-corrected chi connectivity index (χ0v) is 10.1. The lowest BCUT2D eigenvalue weighted by Crippen LogP contribution is -2.41. The van der Waals surface area contributed by atoms with Crippen molar-refractivity contribution < 1.29 is 13.2 Å². The van der Waals surface area contributed by atoms with Crippen molar-refractivity contribution in [2.45, 2.75) is 25.6 Å². The molecule has 2 N–H and O–H groups in total. The van der Waals surface area contributed by atoms with Crippen LogP contribution in [0.5, 0.6) is 0 Å². The second kappa shape index (κ2) is 5.18. The molecule has 1 aromatic rings. The molecule has 1 saturated heterocycles. The molecule has 0 amide bonds. The van der Waals surface area contributed by atoms with Gasteiger partial charge in [-0.05, 0) is 30.5 Å². The summed E-state index contributed by atoms with van der Waals surface area (Å²) < 4.78 is 38.2. The molecular formula is C13H17F3N2. The summed E-state index contributed by atoms with van der Waals surface area (Å²) in [4.78, 5) is 1.81. The number of alkyl halides is 3. The Bertz CT molecular complexity index is 403. The zero-order valence-electron chi connectivity index (χ0n) is 10.1. The second-order valence-corrected chi connectivity index (χ2v) is 4.70. The van der Waals surface area contributed by atoms with Crippen LogP contribution in [0.3, 0.4) is 0 Å². The summed E-state index contributed by atoms with van der Waals surface area (Å²) >= 11 is 0. The van der Waals surface area contributed by atoms with Gasteiger partial charge in [-0.1, -0.05) is 12.1 Å². The Hall–Kier alpha value is -1.23. The van der Waals surface area contributed by atoms with Gasteiger partial charge < -0.3 is 10.6 Å². The van der Waals surface area contributed by atoms with Crippen LogP contribution in [-0.4, -0.2) is 19.3 Å². The highest BCUT2D eigenvalue weighted by molar-refractivity contribution is 5.49. The van der Waals surface area contributed by atoms with Crippen LogP contribution < -0.4 is 10.6 Å². The first-order chi connectivity index (χ1) is 8.50. The Kier molecular flexibility index (Phi) is 3.80. The van der Waals surface area contributed by atoms with Gasteiger partial charge in [-0.15, -0.1) is 0 Å². The number of nitrogens with zero attached hydrogens (tertiary/aromatic N) is 1. The molecule has 1 fully saturated rings. The number of halogens is 3. The van der Waals surface area contributed by atoms with Crippen LogP contribution in [0.15, 0.2) is 24.3 Å². The average Bonchev–Trinajstić information content (AvgIpc) is 2.38. The monoisotopic (exact) mass is 258 g/mol. The van der Waals surface area contributed by atoms with E-state index in [2.05, 4.69) is 0 Å². The molecule has 0 saturated carbocycles. The van der Waals surface area contributed by atoms with Gasteiger partial charge in [0.1, 0.15) is 0 Å². The number of benzene rings is 1. The summed E-state index contributed by atoms with van der Waals surface area (Å²) in [5.74, 6) is -1.22. The van der Waals surface area contributed by atoms with E-state index in [0.29, 0.717) is 19.5 Å². The van der Waals surface area contributed by atoms with Crippen molar-refractivity contribution in [2.75, 3.05) is 18.0 Å². The van der Waals surface area contributed by atoms with E-state index >= 15 is 0 Å². The van der Waals surface area contributed by atoms with Crippen LogP contribution in [0, 0.1) is 5.92 Å². The van der Waals surface area contributed by atoms with E-state index in [-0.39, 0.29) is 13.0 Å². The van der Waals surface area contributed by atoms with Crippen molar-refractivity contribution in [3.63, 3.8) is 0 Å². The minimum atomic E-state index is -4.09. The topological polar surface area (TPSA) is 29.3 Å². The molecule has 2 nitrogen and oxygen atoms in total. The van der Waals surface area contributed by atoms with Gasteiger partial charge in [-0.3, -0.25) is 0 Å². The van der Waals surface area contributed by atoms with E-state index in [1.807, 2.05) is 24.3 Å². The molecule has 100 valence electrons. The van der Waals surface area contributed by atoms with Crippen molar-refractivity contribution in [3.8, 4) is 0 Å². The maximum atomic E-state index is 12.7. The minimum absolute atomic E-state index is 0.0531. The third-order valence-electron chi connectivity index (χ3n) is 3.40. The molecule has 18 heavy (non-hydrogen) atoms. The third kappa shape index (κ3) is 2.96. The summed E-state index contributed by atoms with van der Waals surface area (Å²) in [6, 6.07) is 7.44. The fraction of sp³-hybridized carbons (Fsp3) is 0.538. The number of nitrogens with two attached hydrogens (primary N) is 1. The normalized spacial score (nSPS) is 21.1. The van der Waals surface area contributed by atoms with Gasteiger partial charge >= 0.3 is 6.18 Å². The van der Waals surface area contributed by atoms with Crippen LogP contribution in [0.4, 0.5) is 18.9 Å². The SMILES string of the molecule is NCc1cccc(N2CCCC(C(F)(F)F)C2)c1. The average molecular weight is 258 g/mol. The molecule has 5 heteroatoms. The molecule has 0 bridgehead atoms. The van der Waals surface area contributed by atoms with Gasteiger partial charge in [0.25, 0.3) is 0 Å². The number of hydrogen-bond acceptors (Lipinski definition) is 2. The van der Waals surface area contributed by atoms with E-state index in [0.717, 1.165) is 11.3 Å². The molecule has 2 rings (SSSR count). The molecule has 0 radical (unpaired) electrons. The minimum Gasteiger partial charge on any atom is -0.371 e. The first-order valence-electron chi connectivity index (χ1n) is 6.11. The Balaban J connectivity index is 2.13. The fourth-order valence-corrected chi connectivity index (χ4v) is 2.36. The second-order valence-electron chi connectivity index (χ2n) is 4.70. The molecular weight excluding hydrogens is 241 g/mol. The summed E-state index contributed by atoms with van der Waals surface area (Å²) in [5.41, 5.74) is 7.33. The number of hydrogen-bond donors (Lipinski definition) is 1. The van der Waals surface area contributed by atoms with Gasteiger partial charge in [-0.25, -0.2) is 0 Å². The third-order valence-corrected chi connectivity index (χ3v) is 3.40. The van der Waals surface area contributed by atoms with Crippen LogP contribution >= 0.6 is 0 Å². The lowest BCUT2D eigenvalue weighted by atomic mass is 9.97. The van der Waals surface area contributed by atoms with Crippen molar-refractivity contribution in [3.05, 3.63) is 29.8 Å². The highest BCUT2D eigenvalue weighted by Gasteiger charge is 2.41. The smallest absolute Gasteiger partial charge is 0.371 e. The predicted molar refractivity (Wildman–Crippen MR) is 65.3 cm³/mol. The largest absolute Gasteiger partial charge is 0.393 e. The van der Waals surface area contributed by atoms with Crippen molar-refractivity contribution in [2.24, 2.45) is 11.7 Å². The Labute approximate surface area is 105 Å². The van der Waals surface area contributed by atoms with Gasteiger partial charge in [-0.2, -0.15) is 13.2 Å². The first-order valence-corrected chi connectivity index (χ1v) is 6.11. The lowest BCUT2D eigenvalue weighted by Gasteiger charge is -2.35. The maximum Gasteiger partial charge on any atom is 0.393 e. The van der Waals surface area contributed by atoms with Gasteiger partial charge in [0, 0.05) is 25.3 Å². The van der Waals surface area contributed by atoms with E-state index in [1.165, 1.54) is 0 Å². The van der Waals surface area contributed by atoms with Crippen LogP contribution in [0.1, 0.15) is 18.4 Å². The molecule has 0 aliphatic carbocycles. The summed E-state index contributed by atoms with van der Waals surface area (Å²) in [6.45, 7) is 1.14. The summed E-state index contributed by atoms with van der Waals surface area (Å²) in [7, 11) is 0. The number of anilines is 1. The number of rotatable bonds is 2. The van der Waals surface area contributed by atoms with Gasteiger partial charge in [0.2, 0.25) is 0 Å². The highest BCUT2D eigenvalue weighted by Crippen LogP contribution is 2.34. The molecule has 0 aromatic heterocycles. The first kappa shape index (κ1) is 13.2. The lowest BCUT2D eigenvalue weighted by molar-refractivity contribution is -0.175. The van der Waals surface area contributed by atoms with Gasteiger partial charge in [0.05, 0.1) is 5.92 Å². The molecule has 1 unspecified atom stereocenters. The van der Waals surface area contributed by atoms with Crippen LogP contribution in [0.2, 0.25) is 0 Å². The van der Waals surface area contributed by atoms with E-state index in [1.54, 1.807) is 4.90 Å². The molecule has 1 atom stereocenters. The Morgan fingerprint density at radius 2 is 2.11 bits per heavy atom. The Morgan fingerprint density at radius 3 is 2.78 bits per heavy atom. The van der Waals surface area contributed by atoms with Crippen molar-refractivity contribution in [1.29, 1.82) is 0 Å². The molecule has 1 aliphatic rings. The summed E-state index contributed by atoms with van der Waals surface area (Å²) in [6.07, 6.45) is -3.28. The Morgan fingerprint density at radius 1 is 1.33 bits per heavy atom. The molecule has 1 heterocycles. The summed E-state index contributed by atoms with van der Waals surface area (Å²) in [5, 5.41) is 0. The van der Waals surface area contributed by atoms with Crippen molar-refractivity contribution in [1.82, 2.24) is 0 Å². The molecule has 1 aromatic carbocycles. The van der Waals surface area contributed by atoms with Crippen molar-refractivity contribution >= 4 is 5.69 Å². The van der Waals surface area contributed by atoms with E-state index in [4.69, 9.17) is 5.73 Å². The predicted octanol–water partition coefficient (Wildman–Crippen LogP) is 2.92. The zero-order chi connectivity index (χ0) is 13.2. The van der Waals surface area contributed by atoms with Crippen LogP contribution in [-0.2, 0) is 6.54 Å². The molecule has 0 spiro atoms. The van der Waals surface area contributed by atoms with E-state index in [9.17, 15) is 13.2 Å². The van der Waals surface area contributed by atoms with E-state index < -0.39 is 12.1 Å². The molecule has 1 aliphatic heterocycles. The number of piperidine rings is 1. The van der Waals surface area contributed by atoms with Gasteiger partial charge in [0.15, 0.2) is 0 Å². The quantitative estimate of drug-likeness (QED) is 0.883.